The molecule has 1 aliphatic carbocycles. The molecule has 0 heterocycles. The summed E-state index contributed by atoms with van der Waals surface area (Å²) < 4.78 is 0. The summed E-state index contributed by atoms with van der Waals surface area (Å²) in [4.78, 5) is 22.2. The summed E-state index contributed by atoms with van der Waals surface area (Å²) in [5.74, 6) is -1.03. The second-order valence-electron chi connectivity index (χ2n) is 5.11. The van der Waals surface area contributed by atoms with E-state index < -0.39 is 22.3 Å². The number of rotatable bonds is 4. The first-order valence-corrected chi connectivity index (χ1v) is 8.11. The Labute approximate surface area is 127 Å². The second kappa shape index (κ2) is 6.80. The molecule has 0 unspecified atom stereocenters. The van der Waals surface area contributed by atoms with Crippen LogP contribution >= 0.6 is 11.8 Å². The fourth-order valence-corrected chi connectivity index (χ4v) is 3.31. The molecule has 1 fully saturated rings. The highest BCUT2D eigenvalue weighted by molar-refractivity contribution is 7.99. The number of phenols is 1. The maximum atomic E-state index is 12.2. The summed E-state index contributed by atoms with van der Waals surface area (Å²) in [5.41, 5.74) is -0.495. The number of carbonyl (C=O) groups is 1. The molecule has 7 heteroatoms. The number of carbonyl (C=O) groups excluding carboxylic acids is 1. The van der Waals surface area contributed by atoms with Gasteiger partial charge in [-0.25, -0.2) is 0 Å². The number of nitrogens with one attached hydrogen (secondary N) is 1. The molecule has 0 spiro atoms. The Kier molecular flexibility index (Phi) is 5.06. The van der Waals surface area contributed by atoms with E-state index in [2.05, 4.69) is 11.6 Å². The fraction of sp³-hybridized carbons (Fsp3) is 0.500. The van der Waals surface area contributed by atoms with E-state index in [9.17, 15) is 20.0 Å². The van der Waals surface area contributed by atoms with Gasteiger partial charge in [0.15, 0.2) is 0 Å². The molecule has 1 saturated carbocycles. The average Bonchev–Trinajstić information content (AvgIpc) is 2.47. The number of nitro benzene ring substituents is 1. The summed E-state index contributed by atoms with van der Waals surface area (Å²) in [7, 11) is 0. The van der Waals surface area contributed by atoms with Crippen LogP contribution in [0.25, 0.3) is 0 Å². The molecule has 1 aromatic carbocycles. The zero-order valence-electron chi connectivity index (χ0n) is 11.7. The van der Waals surface area contributed by atoms with Crippen LogP contribution in [0.15, 0.2) is 18.2 Å². The Morgan fingerprint density at radius 3 is 2.62 bits per heavy atom. The fourth-order valence-electron chi connectivity index (χ4n) is 2.57. The molecular weight excluding hydrogens is 292 g/mol. The van der Waals surface area contributed by atoms with Crippen LogP contribution in [0.4, 0.5) is 5.69 Å². The van der Waals surface area contributed by atoms with E-state index in [1.807, 2.05) is 11.8 Å². The van der Waals surface area contributed by atoms with E-state index in [4.69, 9.17) is 0 Å². The molecule has 21 heavy (non-hydrogen) atoms. The lowest BCUT2D eigenvalue weighted by molar-refractivity contribution is -0.385. The van der Waals surface area contributed by atoms with Gasteiger partial charge in [-0.2, -0.15) is 11.8 Å². The van der Waals surface area contributed by atoms with Gasteiger partial charge in [0.1, 0.15) is 0 Å². The summed E-state index contributed by atoms with van der Waals surface area (Å²) in [6.07, 6.45) is 5.98. The standard InChI is InChI=1S/C14H18N2O4S/c1-21-10-7-5-9(6-8-10)15-14(18)11-3-2-4-12(13(11)17)16(19)20/h2-4,9-10,17H,5-8H2,1H3,(H,15,18). The van der Waals surface area contributed by atoms with Crippen LogP contribution in [0.1, 0.15) is 36.0 Å². The quantitative estimate of drug-likeness (QED) is 0.659. The molecule has 114 valence electrons. The summed E-state index contributed by atoms with van der Waals surface area (Å²) >= 11 is 1.84. The van der Waals surface area contributed by atoms with Crippen LogP contribution < -0.4 is 5.32 Å². The SMILES string of the molecule is CSC1CCC(NC(=O)c2cccc([N+](=O)[O-])c2O)CC1. The minimum atomic E-state index is -0.699. The predicted octanol–water partition coefficient (Wildman–Crippen LogP) is 2.70. The number of aromatic hydroxyl groups is 1. The number of nitro groups is 1. The molecule has 1 amide bonds. The van der Waals surface area contributed by atoms with Crippen molar-refractivity contribution in [3.63, 3.8) is 0 Å². The highest BCUT2D eigenvalue weighted by Gasteiger charge is 2.25. The van der Waals surface area contributed by atoms with Gasteiger partial charge in [-0.3, -0.25) is 14.9 Å². The van der Waals surface area contributed by atoms with Gasteiger partial charge < -0.3 is 10.4 Å². The van der Waals surface area contributed by atoms with Crippen LogP contribution in [0, 0.1) is 10.1 Å². The third-order valence-corrected chi connectivity index (χ3v) is 4.94. The first-order valence-electron chi connectivity index (χ1n) is 6.83. The van der Waals surface area contributed by atoms with Gasteiger partial charge >= 0.3 is 5.69 Å². The Morgan fingerprint density at radius 1 is 1.38 bits per heavy atom. The number of hydrogen-bond donors (Lipinski definition) is 2. The monoisotopic (exact) mass is 310 g/mol. The van der Waals surface area contributed by atoms with Crippen molar-refractivity contribution in [2.75, 3.05) is 6.26 Å². The van der Waals surface area contributed by atoms with Crippen molar-refractivity contribution in [2.24, 2.45) is 0 Å². The molecule has 0 bridgehead atoms. The highest BCUT2D eigenvalue weighted by atomic mass is 32.2. The lowest BCUT2D eigenvalue weighted by Gasteiger charge is -2.28. The Hall–Kier alpha value is -1.76. The van der Waals surface area contributed by atoms with E-state index >= 15 is 0 Å². The zero-order chi connectivity index (χ0) is 15.4. The number of thioether (sulfide) groups is 1. The van der Waals surface area contributed by atoms with Gasteiger partial charge in [-0.05, 0) is 38.0 Å². The number of amides is 1. The van der Waals surface area contributed by atoms with E-state index in [0.717, 1.165) is 25.7 Å². The minimum absolute atomic E-state index is 0.0452. The molecule has 0 saturated heterocycles. The Morgan fingerprint density at radius 2 is 2.05 bits per heavy atom. The average molecular weight is 310 g/mol. The van der Waals surface area contributed by atoms with Crippen LogP contribution in [0.5, 0.6) is 5.75 Å². The number of phenolic OH excluding ortho intramolecular Hbond substituents is 1. The van der Waals surface area contributed by atoms with Gasteiger partial charge in [-0.15, -0.1) is 0 Å². The molecule has 6 nitrogen and oxygen atoms in total. The minimum Gasteiger partial charge on any atom is -0.502 e. The molecule has 0 atom stereocenters. The van der Waals surface area contributed by atoms with Crippen molar-refractivity contribution in [3.8, 4) is 5.75 Å². The molecular formula is C14H18N2O4S. The van der Waals surface area contributed by atoms with Gasteiger partial charge in [0.2, 0.25) is 5.75 Å². The first kappa shape index (κ1) is 15.6. The topological polar surface area (TPSA) is 92.5 Å². The van der Waals surface area contributed by atoms with Crippen molar-refractivity contribution in [1.29, 1.82) is 0 Å². The van der Waals surface area contributed by atoms with Gasteiger partial charge in [-0.1, -0.05) is 6.07 Å². The van der Waals surface area contributed by atoms with Gasteiger partial charge in [0.25, 0.3) is 5.91 Å². The predicted molar refractivity (Wildman–Crippen MR) is 81.8 cm³/mol. The van der Waals surface area contributed by atoms with E-state index in [1.165, 1.54) is 18.2 Å². The van der Waals surface area contributed by atoms with Crippen LogP contribution in [-0.4, -0.2) is 33.5 Å². The molecule has 1 aromatic rings. The van der Waals surface area contributed by atoms with E-state index in [1.54, 1.807) is 0 Å². The van der Waals surface area contributed by atoms with Crippen molar-refractivity contribution in [2.45, 2.75) is 37.0 Å². The Bertz CT molecular complexity index is 542. The normalized spacial score (nSPS) is 21.8. The molecule has 0 aromatic heterocycles. The number of hydrogen-bond acceptors (Lipinski definition) is 5. The molecule has 0 aliphatic heterocycles. The van der Waals surface area contributed by atoms with E-state index in [-0.39, 0.29) is 11.6 Å². The van der Waals surface area contributed by atoms with Crippen molar-refractivity contribution in [3.05, 3.63) is 33.9 Å². The zero-order valence-corrected chi connectivity index (χ0v) is 12.6. The summed E-state index contributed by atoms with van der Waals surface area (Å²) in [6.45, 7) is 0. The smallest absolute Gasteiger partial charge is 0.311 e. The molecule has 2 rings (SSSR count). The van der Waals surface area contributed by atoms with E-state index in [0.29, 0.717) is 5.25 Å². The summed E-state index contributed by atoms with van der Waals surface area (Å²) in [6, 6.07) is 4.04. The number of nitrogens with zero attached hydrogens (tertiary/aromatic N) is 1. The molecule has 1 aliphatic rings. The van der Waals surface area contributed by atoms with Crippen molar-refractivity contribution >= 4 is 23.4 Å². The van der Waals surface area contributed by atoms with Crippen LogP contribution in [0.3, 0.4) is 0 Å². The van der Waals surface area contributed by atoms with Crippen LogP contribution in [0.2, 0.25) is 0 Å². The van der Waals surface area contributed by atoms with Crippen LogP contribution in [-0.2, 0) is 0 Å². The lowest BCUT2D eigenvalue weighted by Crippen LogP contribution is -2.38. The Balaban J connectivity index is 2.04. The highest BCUT2D eigenvalue weighted by Crippen LogP contribution is 2.30. The summed E-state index contributed by atoms with van der Waals surface area (Å²) in [5, 5.41) is 24.1. The molecule has 0 radical (unpaired) electrons. The first-order chi connectivity index (χ1) is 10.0. The van der Waals surface area contributed by atoms with Gasteiger partial charge in [0.05, 0.1) is 10.5 Å². The van der Waals surface area contributed by atoms with Gasteiger partial charge in [0, 0.05) is 17.4 Å². The largest absolute Gasteiger partial charge is 0.502 e. The van der Waals surface area contributed by atoms with Crippen molar-refractivity contribution in [1.82, 2.24) is 5.32 Å². The molecule has 2 N–H and O–H groups in total. The number of benzene rings is 1. The van der Waals surface area contributed by atoms with Crippen molar-refractivity contribution < 1.29 is 14.8 Å². The number of para-hydroxylation sites is 1. The lowest BCUT2D eigenvalue weighted by atomic mass is 9.94. The second-order valence-corrected chi connectivity index (χ2v) is 6.25. The maximum Gasteiger partial charge on any atom is 0.311 e. The third kappa shape index (κ3) is 3.66. The third-order valence-electron chi connectivity index (χ3n) is 3.80. The maximum absolute atomic E-state index is 12.2.